The summed E-state index contributed by atoms with van der Waals surface area (Å²) in [5.74, 6) is -2.84. The molecule has 1 heterocycles. The first-order valence-electron chi connectivity index (χ1n) is 9.10. The molecule has 0 aliphatic rings. The summed E-state index contributed by atoms with van der Waals surface area (Å²) in [7, 11) is 1.12. The van der Waals surface area contributed by atoms with Gasteiger partial charge in [0.2, 0.25) is 0 Å². The molecule has 6 nitrogen and oxygen atoms in total. The zero-order chi connectivity index (χ0) is 24.6. The Morgan fingerprint density at radius 1 is 0.909 bits per heavy atom. The van der Waals surface area contributed by atoms with Crippen LogP contribution in [0.3, 0.4) is 0 Å². The van der Waals surface area contributed by atoms with Gasteiger partial charge in [-0.15, -0.1) is 0 Å². The van der Waals surface area contributed by atoms with E-state index in [1.807, 2.05) is 0 Å². The van der Waals surface area contributed by atoms with E-state index in [0.29, 0.717) is 0 Å². The summed E-state index contributed by atoms with van der Waals surface area (Å²) in [6.07, 6.45) is 2.63. The highest BCUT2D eigenvalue weighted by Gasteiger charge is 2.32. The van der Waals surface area contributed by atoms with Crippen molar-refractivity contribution in [2.24, 2.45) is 0 Å². The van der Waals surface area contributed by atoms with Crippen LogP contribution in [-0.2, 0) is 27.1 Å². The second-order valence-corrected chi connectivity index (χ2v) is 10.2. The van der Waals surface area contributed by atoms with Gasteiger partial charge in [0.05, 0.1) is 34.0 Å². The maximum Gasteiger partial charge on any atom is 0.358 e. The highest BCUT2D eigenvalue weighted by molar-refractivity contribution is 7.91. The molecule has 12 heteroatoms. The molecule has 2 unspecified atom stereocenters. The molecule has 0 aliphatic heterocycles. The third-order valence-electron chi connectivity index (χ3n) is 4.66. The zero-order valence-electron chi connectivity index (χ0n) is 17.7. The molecule has 0 radical (unpaired) electrons. The number of hydrogen-bond donors (Lipinski definition) is 0. The van der Waals surface area contributed by atoms with E-state index in [-0.39, 0.29) is 53.7 Å². The lowest BCUT2D eigenvalue weighted by molar-refractivity contribution is 0.0592. The highest BCUT2D eigenvalue weighted by Crippen LogP contribution is 2.42. The van der Waals surface area contributed by atoms with Gasteiger partial charge < -0.3 is 13.8 Å². The average Bonchev–Trinajstić information content (AvgIpc) is 2.76. The van der Waals surface area contributed by atoms with Crippen LogP contribution in [-0.4, -0.2) is 44.7 Å². The molecular weight excluding hydrogens is 517 g/mol. The average molecular weight is 533 g/mol. The molecule has 0 fully saturated rings. The number of carbonyl (C=O) groups excluding carboxylic acids is 1. The van der Waals surface area contributed by atoms with Crippen LogP contribution in [0.1, 0.15) is 16.2 Å². The number of methoxy groups -OCH3 is 1. The molecule has 0 spiro atoms. The van der Waals surface area contributed by atoms with Crippen LogP contribution in [0.15, 0.2) is 34.1 Å². The molecule has 0 N–H and O–H groups in total. The van der Waals surface area contributed by atoms with E-state index in [1.165, 1.54) is 43.7 Å². The van der Waals surface area contributed by atoms with Crippen LogP contribution < -0.4 is 0 Å². The van der Waals surface area contributed by atoms with Gasteiger partial charge in [0.25, 0.3) is 0 Å². The van der Waals surface area contributed by atoms with E-state index >= 15 is 8.78 Å². The second kappa shape index (κ2) is 10.1. The third kappa shape index (κ3) is 4.82. The first-order chi connectivity index (χ1) is 15.5. The first kappa shape index (κ1) is 25.7. The van der Waals surface area contributed by atoms with E-state index in [0.717, 1.165) is 7.11 Å². The first-order valence-corrected chi connectivity index (χ1v) is 13.0. The van der Waals surface area contributed by atoms with Crippen molar-refractivity contribution < 1.29 is 27.4 Å². The van der Waals surface area contributed by atoms with E-state index < -0.39 is 40.0 Å². The summed E-state index contributed by atoms with van der Waals surface area (Å²) in [4.78, 5) is 20.8. The third-order valence-corrected chi connectivity index (χ3v) is 7.16. The lowest BCUT2D eigenvalue weighted by Gasteiger charge is -2.18. The van der Waals surface area contributed by atoms with Crippen molar-refractivity contribution in [2.45, 2.75) is 16.7 Å². The Morgan fingerprint density at radius 2 is 1.33 bits per heavy atom. The Hall–Kier alpha value is -1.95. The Labute approximate surface area is 204 Å². The summed E-state index contributed by atoms with van der Waals surface area (Å²) in [6, 6.07) is 5.12. The molecule has 0 bridgehead atoms. The van der Waals surface area contributed by atoms with Gasteiger partial charge in [-0.25, -0.2) is 23.5 Å². The summed E-state index contributed by atoms with van der Waals surface area (Å²) < 4.78 is 60.1. The molecule has 0 aliphatic carbocycles. The van der Waals surface area contributed by atoms with Gasteiger partial charge in [-0.3, -0.25) is 0 Å². The maximum atomic E-state index is 15.3. The van der Waals surface area contributed by atoms with E-state index in [9.17, 15) is 13.9 Å². The maximum absolute atomic E-state index is 15.3. The number of ether oxygens (including phenoxy) is 1. The summed E-state index contributed by atoms with van der Waals surface area (Å²) in [5.41, 5.74) is -1.46. The van der Waals surface area contributed by atoms with Crippen molar-refractivity contribution >= 4 is 51.5 Å². The number of hydrogen-bond acceptors (Lipinski definition) is 6. The van der Waals surface area contributed by atoms with Crippen molar-refractivity contribution in [3.63, 3.8) is 0 Å². The van der Waals surface area contributed by atoms with E-state index in [4.69, 9.17) is 27.9 Å². The minimum absolute atomic E-state index is 0.0132. The number of benzene rings is 2. The fourth-order valence-electron chi connectivity index (χ4n) is 3.14. The predicted octanol–water partition coefficient (Wildman–Crippen LogP) is 4.97. The number of esters is 1. The Kier molecular flexibility index (Phi) is 7.87. The number of aromatic nitrogens is 2. The van der Waals surface area contributed by atoms with Crippen LogP contribution in [0.5, 0.6) is 0 Å². The normalized spacial score (nSPS) is 13.0. The van der Waals surface area contributed by atoms with Crippen molar-refractivity contribution in [2.75, 3.05) is 19.6 Å². The Bertz CT molecular complexity index is 1260. The lowest BCUT2D eigenvalue weighted by atomic mass is 10.0. The van der Waals surface area contributed by atoms with Gasteiger partial charge >= 0.3 is 5.97 Å². The summed E-state index contributed by atoms with van der Waals surface area (Å²) in [5, 5.41) is -0.620. The number of carbonyl (C=O) groups is 1. The van der Waals surface area contributed by atoms with E-state index in [1.54, 1.807) is 0 Å². The highest BCUT2D eigenvalue weighted by atomic mass is 35.5. The molecule has 2 aromatic carbocycles. The number of rotatable bonds is 5. The molecule has 33 heavy (non-hydrogen) atoms. The fraction of sp³-hybridized carbons (Fsp3) is 0.190. The van der Waals surface area contributed by atoms with Gasteiger partial charge in [0.15, 0.2) is 27.1 Å². The molecule has 2 atom stereocenters. The monoisotopic (exact) mass is 532 g/mol. The zero-order valence-corrected chi connectivity index (χ0v) is 20.8. The molecule has 3 aromatic rings. The van der Waals surface area contributed by atoms with Crippen molar-refractivity contribution in [1.29, 1.82) is 0 Å². The largest absolute Gasteiger partial charge is 0.612 e. The van der Waals surface area contributed by atoms with Crippen molar-refractivity contribution in [3.05, 3.63) is 57.3 Å². The smallest absolute Gasteiger partial charge is 0.358 e. The molecule has 174 valence electrons. The minimum Gasteiger partial charge on any atom is -0.612 e. The Morgan fingerprint density at radius 3 is 1.73 bits per heavy atom. The summed E-state index contributed by atoms with van der Waals surface area (Å²) in [6.45, 7) is 1.42. The quantitative estimate of drug-likeness (QED) is 0.340. The topological polar surface area (TPSA) is 98.2 Å². The van der Waals surface area contributed by atoms with Gasteiger partial charge in [0.1, 0.15) is 23.9 Å². The molecule has 0 amide bonds. The molecule has 3 rings (SSSR count). The fourth-order valence-corrected chi connectivity index (χ4v) is 4.93. The SMILES string of the molecule is COC(=O)c1nc(-c2c([S+](C)[O-])ccc(Cl)c2F)c(-c2c([S+](C)[O-])ccc(Cl)c2F)nc1C. The number of halogens is 4. The standard InChI is InChI=1S/C21H16Cl2F2N2O4S2/c1-9-18(21(28)31-2)27-20(15-13(33(4)30)8-6-11(23)17(15)25)19(26-9)14-12(32(3)29)7-5-10(22)16(14)24/h5-8H,1-4H3. The second-order valence-electron chi connectivity index (χ2n) is 6.72. The molecular formula is C21H16Cl2F2N2O4S2. The predicted molar refractivity (Wildman–Crippen MR) is 124 cm³/mol. The van der Waals surface area contributed by atoms with E-state index in [2.05, 4.69) is 9.97 Å². The van der Waals surface area contributed by atoms with Gasteiger partial charge in [-0.2, -0.15) is 0 Å². The van der Waals surface area contributed by atoms with Crippen LogP contribution in [0, 0.1) is 18.6 Å². The van der Waals surface area contributed by atoms with Crippen LogP contribution >= 0.6 is 23.2 Å². The van der Waals surface area contributed by atoms with Crippen LogP contribution in [0.2, 0.25) is 10.0 Å². The minimum atomic E-state index is -1.73. The Balaban J connectivity index is 2.56. The van der Waals surface area contributed by atoms with Gasteiger partial charge in [-0.1, -0.05) is 23.2 Å². The molecule has 0 saturated heterocycles. The van der Waals surface area contributed by atoms with Gasteiger partial charge in [0, 0.05) is 0 Å². The number of aryl methyl sites for hydroxylation is 1. The van der Waals surface area contributed by atoms with Crippen LogP contribution in [0.25, 0.3) is 22.5 Å². The van der Waals surface area contributed by atoms with Gasteiger partial charge in [-0.05, 0) is 53.5 Å². The van der Waals surface area contributed by atoms with Crippen molar-refractivity contribution in [1.82, 2.24) is 9.97 Å². The summed E-state index contributed by atoms with van der Waals surface area (Å²) >= 11 is 8.52. The lowest BCUT2D eigenvalue weighted by Crippen LogP contribution is -2.14. The number of nitrogens with zero attached hydrogens (tertiary/aromatic N) is 2. The molecule has 0 saturated carbocycles. The van der Waals surface area contributed by atoms with Crippen molar-refractivity contribution in [3.8, 4) is 22.5 Å². The molecule has 1 aromatic heterocycles. The van der Waals surface area contributed by atoms with Crippen LogP contribution in [0.4, 0.5) is 8.78 Å².